The molecule has 0 radical (unpaired) electrons. The van der Waals surface area contributed by atoms with E-state index >= 15 is 0 Å². The van der Waals surface area contributed by atoms with Gasteiger partial charge in [0.1, 0.15) is 5.15 Å². The average molecular weight is 233 g/mol. The van der Waals surface area contributed by atoms with E-state index in [-0.39, 0.29) is 5.92 Å². The van der Waals surface area contributed by atoms with Gasteiger partial charge in [0.2, 0.25) is 0 Å². The van der Waals surface area contributed by atoms with Gasteiger partial charge in [-0.2, -0.15) is 0 Å². The van der Waals surface area contributed by atoms with E-state index in [1.54, 1.807) is 6.07 Å². The SMILES string of the molecule is NCC(c1ccccc1)c1cccc(Cl)n1. The maximum atomic E-state index is 5.88. The molecule has 0 amide bonds. The van der Waals surface area contributed by atoms with Crippen molar-refractivity contribution < 1.29 is 0 Å². The zero-order chi connectivity index (χ0) is 11.4. The third-order valence-corrected chi connectivity index (χ3v) is 2.74. The molecule has 0 aliphatic heterocycles. The van der Waals surface area contributed by atoms with Gasteiger partial charge >= 0.3 is 0 Å². The van der Waals surface area contributed by atoms with E-state index < -0.39 is 0 Å². The molecule has 2 aromatic rings. The Labute approximate surface area is 100 Å². The summed E-state index contributed by atoms with van der Waals surface area (Å²) in [6, 6.07) is 15.7. The highest BCUT2D eigenvalue weighted by Gasteiger charge is 2.13. The summed E-state index contributed by atoms with van der Waals surface area (Å²) in [6.07, 6.45) is 0. The van der Waals surface area contributed by atoms with Crippen molar-refractivity contribution in [1.29, 1.82) is 0 Å². The third-order valence-electron chi connectivity index (χ3n) is 2.53. The van der Waals surface area contributed by atoms with Crippen LogP contribution in [-0.4, -0.2) is 11.5 Å². The summed E-state index contributed by atoms with van der Waals surface area (Å²) in [4.78, 5) is 4.31. The van der Waals surface area contributed by atoms with Crippen LogP contribution in [0.3, 0.4) is 0 Å². The molecule has 0 bridgehead atoms. The van der Waals surface area contributed by atoms with Crippen LogP contribution in [0.5, 0.6) is 0 Å². The number of hydrogen-bond acceptors (Lipinski definition) is 2. The van der Waals surface area contributed by atoms with Gasteiger partial charge in [-0.15, -0.1) is 0 Å². The minimum absolute atomic E-state index is 0.111. The Bertz CT molecular complexity index is 456. The summed E-state index contributed by atoms with van der Waals surface area (Å²) < 4.78 is 0. The molecule has 0 aliphatic rings. The smallest absolute Gasteiger partial charge is 0.129 e. The fraction of sp³-hybridized carbons (Fsp3) is 0.154. The lowest BCUT2D eigenvalue weighted by Crippen LogP contribution is -2.15. The molecule has 1 heterocycles. The van der Waals surface area contributed by atoms with Gasteiger partial charge in [0, 0.05) is 12.5 Å². The number of nitrogens with two attached hydrogens (primary N) is 1. The van der Waals surface area contributed by atoms with Crippen molar-refractivity contribution in [3.05, 3.63) is 64.9 Å². The summed E-state index contributed by atoms with van der Waals surface area (Å²) in [5.41, 5.74) is 7.89. The van der Waals surface area contributed by atoms with Gasteiger partial charge < -0.3 is 5.73 Å². The summed E-state index contributed by atoms with van der Waals surface area (Å²) in [7, 11) is 0. The zero-order valence-corrected chi connectivity index (χ0v) is 9.56. The highest BCUT2D eigenvalue weighted by molar-refractivity contribution is 6.29. The molecule has 0 spiro atoms. The Kier molecular flexibility index (Phi) is 3.54. The van der Waals surface area contributed by atoms with Crippen molar-refractivity contribution in [2.24, 2.45) is 5.73 Å². The Hall–Kier alpha value is -1.38. The van der Waals surface area contributed by atoms with Gasteiger partial charge in [0.05, 0.1) is 5.69 Å². The number of hydrogen-bond donors (Lipinski definition) is 1. The number of halogens is 1. The first-order valence-electron chi connectivity index (χ1n) is 5.18. The molecule has 2 nitrogen and oxygen atoms in total. The first-order chi connectivity index (χ1) is 7.81. The lowest BCUT2D eigenvalue weighted by molar-refractivity contribution is 0.787. The lowest BCUT2D eigenvalue weighted by Gasteiger charge is -2.14. The number of pyridine rings is 1. The topological polar surface area (TPSA) is 38.9 Å². The highest BCUT2D eigenvalue weighted by Crippen LogP contribution is 2.22. The van der Waals surface area contributed by atoms with Gasteiger partial charge in [-0.3, -0.25) is 0 Å². The molecule has 1 aromatic carbocycles. The van der Waals surface area contributed by atoms with Crippen molar-refractivity contribution in [3.63, 3.8) is 0 Å². The summed E-state index contributed by atoms with van der Waals surface area (Å²) in [5.74, 6) is 0.111. The monoisotopic (exact) mass is 232 g/mol. The second-order valence-corrected chi connectivity index (χ2v) is 3.97. The highest BCUT2D eigenvalue weighted by atomic mass is 35.5. The van der Waals surface area contributed by atoms with E-state index in [1.165, 1.54) is 5.56 Å². The number of rotatable bonds is 3. The summed E-state index contributed by atoms with van der Waals surface area (Å²) >= 11 is 5.88. The summed E-state index contributed by atoms with van der Waals surface area (Å²) in [6.45, 7) is 0.525. The maximum Gasteiger partial charge on any atom is 0.129 e. The Morgan fingerprint density at radius 3 is 2.44 bits per heavy atom. The van der Waals surface area contributed by atoms with Crippen LogP contribution in [0.4, 0.5) is 0 Å². The van der Waals surface area contributed by atoms with E-state index in [0.717, 1.165) is 5.69 Å². The molecule has 16 heavy (non-hydrogen) atoms. The molecule has 1 atom stereocenters. The molecule has 2 rings (SSSR count). The van der Waals surface area contributed by atoms with E-state index in [4.69, 9.17) is 17.3 Å². The van der Waals surface area contributed by atoms with Crippen LogP contribution in [0, 0.1) is 0 Å². The van der Waals surface area contributed by atoms with Gasteiger partial charge in [0.15, 0.2) is 0 Å². The molecule has 1 unspecified atom stereocenters. The van der Waals surface area contributed by atoms with Gasteiger partial charge in [-0.25, -0.2) is 4.98 Å². The predicted molar refractivity (Wildman–Crippen MR) is 66.6 cm³/mol. The van der Waals surface area contributed by atoms with E-state index in [0.29, 0.717) is 11.7 Å². The first-order valence-corrected chi connectivity index (χ1v) is 5.56. The van der Waals surface area contributed by atoms with Crippen LogP contribution in [0.25, 0.3) is 0 Å². The van der Waals surface area contributed by atoms with Crippen molar-refractivity contribution in [2.45, 2.75) is 5.92 Å². The average Bonchev–Trinajstić information content (AvgIpc) is 2.31. The molecule has 0 fully saturated rings. The molecular weight excluding hydrogens is 220 g/mol. The number of nitrogens with zero attached hydrogens (tertiary/aromatic N) is 1. The largest absolute Gasteiger partial charge is 0.329 e. The van der Waals surface area contributed by atoms with Crippen molar-refractivity contribution >= 4 is 11.6 Å². The molecule has 0 saturated heterocycles. The van der Waals surface area contributed by atoms with Gasteiger partial charge in [-0.05, 0) is 17.7 Å². The van der Waals surface area contributed by atoms with Crippen LogP contribution < -0.4 is 5.73 Å². The van der Waals surface area contributed by atoms with Gasteiger partial charge in [0.25, 0.3) is 0 Å². The lowest BCUT2D eigenvalue weighted by atomic mass is 9.95. The predicted octanol–water partition coefficient (Wildman–Crippen LogP) is 2.83. The molecular formula is C13H13ClN2. The molecule has 1 aromatic heterocycles. The third kappa shape index (κ3) is 2.40. The van der Waals surface area contributed by atoms with Crippen LogP contribution >= 0.6 is 11.6 Å². The standard InChI is InChI=1S/C13H13ClN2/c14-13-8-4-7-12(16-13)11(9-15)10-5-2-1-3-6-10/h1-8,11H,9,15H2. The molecule has 0 aliphatic carbocycles. The van der Waals surface area contributed by atoms with Gasteiger partial charge in [-0.1, -0.05) is 48.0 Å². The molecule has 82 valence electrons. The van der Waals surface area contributed by atoms with Crippen LogP contribution in [0.1, 0.15) is 17.2 Å². The first kappa shape index (κ1) is 11.1. The Balaban J connectivity index is 2.37. The Morgan fingerprint density at radius 2 is 1.81 bits per heavy atom. The fourth-order valence-corrected chi connectivity index (χ4v) is 1.90. The fourth-order valence-electron chi connectivity index (χ4n) is 1.73. The van der Waals surface area contributed by atoms with Crippen molar-refractivity contribution in [3.8, 4) is 0 Å². The van der Waals surface area contributed by atoms with Crippen LogP contribution in [0.2, 0.25) is 5.15 Å². The zero-order valence-electron chi connectivity index (χ0n) is 8.81. The van der Waals surface area contributed by atoms with Crippen LogP contribution in [-0.2, 0) is 0 Å². The number of benzene rings is 1. The quantitative estimate of drug-likeness (QED) is 0.827. The van der Waals surface area contributed by atoms with E-state index in [2.05, 4.69) is 17.1 Å². The second kappa shape index (κ2) is 5.10. The van der Waals surface area contributed by atoms with Crippen molar-refractivity contribution in [1.82, 2.24) is 4.98 Å². The Morgan fingerprint density at radius 1 is 1.06 bits per heavy atom. The molecule has 3 heteroatoms. The van der Waals surface area contributed by atoms with Crippen molar-refractivity contribution in [2.75, 3.05) is 6.54 Å². The van der Waals surface area contributed by atoms with E-state index in [1.807, 2.05) is 30.3 Å². The second-order valence-electron chi connectivity index (χ2n) is 3.58. The minimum Gasteiger partial charge on any atom is -0.329 e. The molecule has 2 N–H and O–H groups in total. The molecule has 0 saturated carbocycles. The van der Waals surface area contributed by atoms with E-state index in [9.17, 15) is 0 Å². The minimum atomic E-state index is 0.111. The normalized spacial score (nSPS) is 12.4. The van der Waals surface area contributed by atoms with Crippen LogP contribution in [0.15, 0.2) is 48.5 Å². The number of aromatic nitrogens is 1. The summed E-state index contributed by atoms with van der Waals surface area (Å²) in [5, 5.41) is 0.506. The maximum absolute atomic E-state index is 5.88.